The van der Waals surface area contributed by atoms with E-state index in [-0.39, 0.29) is 17.3 Å². The second-order valence-corrected chi connectivity index (χ2v) is 7.27. The lowest BCUT2D eigenvalue weighted by Crippen LogP contribution is -2.24. The first kappa shape index (κ1) is 17.5. The average molecular weight is 384 g/mol. The fraction of sp³-hybridized carbons (Fsp3) is 0.0625. The number of sulfonamides is 1. The first-order valence-corrected chi connectivity index (χ1v) is 8.95. The topological polar surface area (TPSA) is 64.0 Å². The second kappa shape index (κ2) is 6.91. The van der Waals surface area contributed by atoms with Gasteiger partial charge in [-0.05, 0) is 29.8 Å². The smallest absolute Gasteiger partial charge is 0.243 e. The van der Waals surface area contributed by atoms with Crippen LogP contribution in [0.1, 0.15) is 5.56 Å². The molecule has 0 unspecified atom stereocenters. The summed E-state index contributed by atoms with van der Waals surface area (Å²) in [4.78, 5) is 3.28. The Kier molecular flexibility index (Phi) is 4.85. The van der Waals surface area contributed by atoms with Gasteiger partial charge in [-0.25, -0.2) is 26.9 Å². The first-order valence-electron chi connectivity index (χ1n) is 7.09. The van der Waals surface area contributed by atoms with Crippen LogP contribution in [0.5, 0.6) is 0 Å². The molecule has 0 atom stereocenters. The van der Waals surface area contributed by atoms with Gasteiger partial charge in [0, 0.05) is 18.9 Å². The minimum atomic E-state index is -4.12. The lowest BCUT2D eigenvalue weighted by molar-refractivity contribution is 0.556. The van der Waals surface area contributed by atoms with Gasteiger partial charge < -0.3 is 4.57 Å². The number of hydrogen-bond donors (Lipinski definition) is 1. The van der Waals surface area contributed by atoms with E-state index in [9.17, 15) is 17.2 Å². The van der Waals surface area contributed by atoms with Crippen LogP contribution in [0.2, 0.25) is 5.02 Å². The molecule has 5 nitrogen and oxygen atoms in total. The van der Waals surface area contributed by atoms with Crippen LogP contribution in [-0.2, 0) is 16.6 Å². The molecular formula is C16H12ClF2N3O2S. The molecule has 0 aliphatic rings. The van der Waals surface area contributed by atoms with Gasteiger partial charge in [-0.15, -0.1) is 0 Å². The van der Waals surface area contributed by atoms with Crippen molar-refractivity contribution in [3.8, 4) is 5.69 Å². The number of benzene rings is 2. The summed E-state index contributed by atoms with van der Waals surface area (Å²) in [5.41, 5.74) is 0.664. The van der Waals surface area contributed by atoms with Crippen molar-refractivity contribution in [1.82, 2.24) is 14.3 Å². The van der Waals surface area contributed by atoms with E-state index in [1.54, 1.807) is 12.3 Å². The predicted octanol–water partition coefficient (Wildman–Crippen LogP) is 3.28. The van der Waals surface area contributed by atoms with Crippen molar-refractivity contribution < 1.29 is 17.2 Å². The zero-order valence-electron chi connectivity index (χ0n) is 12.7. The van der Waals surface area contributed by atoms with Crippen molar-refractivity contribution in [2.75, 3.05) is 0 Å². The summed E-state index contributed by atoms with van der Waals surface area (Å²) in [6.07, 6.45) is 4.55. The number of hydrogen-bond acceptors (Lipinski definition) is 3. The van der Waals surface area contributed by atoms with Gasteiger partial charge in [0.1, 0.15) is 10.7 Å². The van der Waals surface area contributed by atoms with Crippen molar-refractivity contribution >= 4 is 21.6 Å². The Hall–Kier alpha value is -2.29. The molecule has 0 aliphatic heterocycles. The standard InChI is InChI=1S/C16H12ClF2N3O2S/c17-12-2-1-3-15(16(12)19)25(23,24)21-9-11-4-5-14(13(18)8-11)22-7-6-20-10-22/h1-8,10,21H,9H2. The molecule has 0 radical (unpaired) electrons. The van der Waals surface area contributed by atoms with Crippen LogP contribution < -0.4 is 4.72 Å². The molecule has 1 N–H and O–H groups in total. The summed E-state index contributed by atoms with van der Waals surface area (Å²) in [7, 11) is -4.12. The quantitative estimate of drug-likeness (QED) is 0.735. The monoisotopic (exact) mass is 383 g/mol. The van der Waals surface area contributed by atoms with Crippen molar-refractivity contribution in [1.29, 1.82) is 0 Å². The molecule has 0 aliphatic carbocycles. The van der Waals surface area contributed by atoms with Crippen molar-refractivity contribution in [2.45, 2.75) is 11.4 Å². The first-order chi connectivity index (χ1) is 11.9. The van der Waals surface area contributed by atoms with Crippen LogP contribution in [-0.4, -0.2) is 18.0 Å². The van der Waals surface area contributed by atoms with Crippen LogP contribution in [0.4, 0.5) is 8.78 Å². The zero-order valence-corrected chi connectivity index (χ0v) is 14.2. The van der Waals surface area contributed by atoms with Crippen molar-refractivity contribution in [2.24, 2.45) is 0 Å². The van der Waals surface area contributed by atoms with Gasteiger partial charge in [0.05, 0.1) is 17.0 Å². The minimum Gasteiger partial charge on any atom is -0.303 e. The Morgan fingerprint density at radius 1 is 1.20 bits per heavy atom. The van der Waals surface area contributed by atoms with E-state index in [1.165, 1.54) is 41.4 Å². The van der Waals surface area contributed by atoms with Gasteiger partial charge in [0.2, 0.25) is 10.0 Å². The third-order valence-electron chi connectivity index (χ3n) is 3.47. The molecule has 0 fully saturated rings. The summed E-state index contributed by atoms with van der Waals surface area (Å²) in [6, 6.07) is 7.95. The predicted molar refractivity (Wildman–Crippen MR) is 89.0 cm³/mol. The van der Waals surface area contributed by atoms with Gasteiger partial charge >= 0.3 is 0 Å². The number of nitrogens with one attached hydrogen (secondary N) is 1. The van der Waals surface area contributed by atoms with Gasteiger partial charge in [0.15, 0.2) is 5.82 Å². The van der Waals surface area contributed by atoms with Crippen molar-refractivity contribution in [3.63, 3.8) is 0 Å². The minimum absolute atomic E-state index is 0.199. The Bertz CT molecular complexity index is 1010. The average Bonchev–Trinajstić information content (AvgIpc) is 3.10. The summed E-state index contributed by atoms with van der Waals surface area (Å²) in [5.74, 6) is -1.57. The van der Waals surface area contributed by atoms with Gasteiger partial charge in [-0.2, -0.15) is 0 Å². The van der Waals surface area contributed by atoms with E-state index in [1.807, 2.05) is 0 Å². The van der Waals surface area contributed by atoms with E-state index >= 15 is 0 Å². The molecule has 3 rings (SSSR count). The lowest BCUT2D eigenvalue weighted by Gasteiger charge is -2.10. The Balaban J connectivity index is 1.79. The molecule has 130 valence electrons. The Morgan fingerprint density at radius 3 is 2.68 bits per heavy atom. The molecule has 9 heteroatoms. The van der Waals surface area contributed by atoms with E-state index in [2.05, 4.69) is 9.71 Å². The molecule has 3 aromatic rings. The molecule has 0 saturated carbocycles. The highest BCUT2D eigenvalue weighted by molar-refractivity contribution is 7.89. The third-order valence-corrected chi connectivity index (χ3v) is 5.18. The molecule has 25 heavy (non-hydrogen) atoms. The second-order valence-electron chi connectivity index (χ2n) is 5.13. The van der Waals surface area contributed by atoms with E-state index in [4.69, 9.17) is 11.6 Å². The maximum absolute atomic E-state index is 14.2. The van der Waals surface area contributed by atoms with Crippen LogP contribution in [0.15, 0.2) is 60.0 Å². The summed E-state index contributed by atoms with van der Waals surface area (Å²) < 4.78 is 56.2. The highest BCUT2D eigenvalue weighted by Gasteiger charge is 2.20. The number of nitrogens with zero attached hydrogens (tertiary/aromatic N) is 2. The van der Waals surface area contributed by atoms with Crippen LogP contribution in [0, 0.1) is 11.6 Å². The third kappa shape index (κ3) is 3.71. The summed E-state index contributed by atoms with van der Waals surface area (Å²) in [6.45, 7) is -0.199. The lowest BCUT2D eigenvalue weighted by atomic mass is 10.2. The summed E-state index contributed by atoms with van der Waals surface area (Å²) in [5, 5.41) is -0.293. The van der Waals surface area contributed by atoms with E-state index in [0.717, 1.165) is 6.07 Å². The fourth-order valence-corrected chi connectivity index (χ4v) is 3.57. The summed E-state index contributed by atoms with van der Waals surface area (Å²) >= 11 is 5.60. The molecule has 0 bridgehead atoms. The molecule has 1 heterocycles. The number of halogens is 3. The molecule has 0 spiro atoms. The maximum atomic E-state index is 14.2. The molecule has 0 amide bonds. The SMILES string of the molecule is O=S(=O)(NCc1ccc(-n2ccnc2)c(F)c1)c1cccc(Cl)c1F. The Morgan fingerprint density at radius 2 is 2.00 bits per heavy atom. The number of rotatable bonds is 5. The van der Waals surface area contributed by atoms with Gasteiger partial charge in [-0.1, -0.05) is 23.7 Å². The van der Waals surface area contributed by atoms with Crippen molar-refractivity contribution in [3.05, 3.63) is 77.3 Å². The molecule has 0 saturated heterocycles. The van der Waals surface area contributed by atoms with Crippen LogP contribution in [0.3, 0.4) is 0 Å². The molecule has 1 aromatic heterocycles. The Labute approximate surface area is 147 Å². The fourth-order valence-electron chi connectivity index (χ4n) is 2.22. The molecule has 2 aromatic carbocycles. The van der Waals surface area contributed by atoms with Crippen LogP contribution >= 0.6 is 11.6 Å². The largest absolute Gasteiger partial charge is 0.303 e. The highest BCUT2D eigenvalue weighted by atomic mass is 35.5. The van der Waals surface area contributed by atoms with E-state index < -0.39 is 26.6 Å². The van der Waals surface area contributed by atoms with Gasteiger partial charge in [-0.3, -0.25) is 0 Å². The zero-order chi connectivity index (χ0) is 18.0. The van der Waals surface area contributed by atoms with E-state index in [0.29, 0.717) is 5.56 Å². The normalized spacial score (nSPS) is 11.6. The highest BCUT2D eigenvalue weighted by Crippen LogP contribution is 2.22. The van der Waals surface area contributed by atoms with Gasteiger partial charge in [0.25, 0.3) is 0 Å². The number of aromatic nitrogens is 2. The molecular weight excluding hydrogens is 372 g/mol. The maximum Gasteiger partial charge on any atom is 0.243 e. The van der Waals surface area contributed by atoms with Crippen LogP contribution in [0.25, 0.3) is 5.69 Å². The number of imidazole rings is 1.